The van der Waals surface area contributed by atoms with E-state index < -0.39 is 5.82 Å². The van der Waals surface area contributed by atoms with Crippen LogP contribution in [-0.2, 0) is 9.53 Å². The summed E-state index contributed by atoms with van der Waals surface area (Å²) in [5.41, 5.74) is 1.80. The van der Waals surface area contributed by atoms with Crippen LogP contribution in [0.1, 0.15) is 38.7 Å². The SMILES string of the molecule is COC(=O)C1=C(c2ccc(Cl)cc2F)CC(C)(C)CC1. The summed E-state index contributed by atoms with van der Waals surface area (Å²) in [6.07, 6.45) is 2.14. The van der Waals surface area contributed by atoms with E-state index in [0.29, 0.717) is 29.0 Å². The molecular formula is C16H18ClFO2. The van der Waals surface area contributed by atoms with Crippen LogP contribution in [-0.4, -0.2) is 13.1 Å². The van der Waals surface area contributed by atoms with Crippen LogP contribution in [0.4, 0.5) is 4.39 Å². The second kappa shape index (κ2) is 5.57. The Hall–Kier alpha value is -1.35. The van der Waals surface area contributed by atoms with Crippen LogP contribution < -0.4 is 0 Å². The normalized spacial score (nSPS) is 18.1. The molecule has 0 fully saturated rings. The van der Waals surface area contributed by atoms with E-state index in [0.717, 1.165) is 12.0 Å². The first kappa shape index (κ1) is 15.0. The molecule has 0 spiro atoms. The fraction of sp³-hybridized carbons (Fsp3) is 0.438. The minimum atomic E-state index is -0.397. The van der Waals surface area contributed by atoms with Gasteiger partial charge < -0.3 is 4.74 Å². The average molecular weight is 297 g/mol. The molecule has 2 nitrogen and oxygen atoms in total. The average Bonchev–Trinajstić information content (AvgIpc) is 2.37. The van der Waals surface area contributed by atoms with E-state index in [1.165, 1.54) is 13.2 Å². The molecule has 2 rings (SSSR count). The first-order chi connectivity index (χ1) is 9.34. The lowest BCUT2D eigenvalue weighted by Gasteiger charge is -2.32. The van der Waals surface area contributed by atoms with Crippen molar-refractivity contribution in [3.63, 3.8) is 0 Å². The lowest BCUT2D eigenvalue weighted by molar-refractivity contribution is -0.136. The summed E-state index contributed by atoms with van der Waals surface area (Å²) in [6, 6.07) is 4.56. The third-order valence-electron chi connectivity index (χ3n) is 3.76. The van der Waals surface area contributed by atoms with Crippen molar-refractivity contribution in [1.29, 1.82) is 0 Å². The van der Waals surface area contributed by atoms with E-state index in [1.54, 1.807) is 12.1 Å². The maximum Gasteiger partial charge on any atom is 0.334 e. The third kappa shape index (κ3) is 3.04. The quantitative estimate of drug-likeness (QED) is 0.745. The summed E-state index contributed by atoms with van der Waals surface area (Å²) in [5, 5.41) is 0.349. The predicted octanol–water partition coefficient (Wildman–Crippen LogP) is 4.62. The first-order valence-corrected chi connectivity index (χ1v) is 6.97. The van der Waals surface area contributed by atoms with E-state index in [2.05, 4.69) is 13.8 Å². The van der Waals surface area contributed by atoms with Gasteiger partial charge in [0.25, 0.3) is 0 Å². The van der Waals surface area contributed by atoms with Gasteiger partial charge >= 0.3 is 5.97 Å². The number of halogens is 2. The molecule has 0 bridgehead atoms. The summed E-state index contributed by atoms with van der Waals surface area (Å²) >= 11 is 5.79. The number of benzene rings is 1. The van der Waals surface area contributed by atoms with E-state index >= 15 is 0 Å². The highest BCUT2D eigenvalue weighted by Gasteiger charge is 2.32. The maximum atomic E-state index is 14.2. The molecule has 108 valence electrons. The molecule has 0 aliphatic heterocycles. The molecule has 1 aliphatic carbocycles. The number of carbonyl (C=O) groups is 1. The third-order valence-corrected chi connectivity index (χ3v) is 3.99. The van der Waals surface area contributed by atoms with Crippen molar-refractivity contribution in [2.24, 2.45) is 5.41 Å². The van der Waals surface area contributed by atoms with Gasteiger partial charge in [0.15, 0.2) is 0 Å². The minimum Gasteiger partial charge on any atom is -0.466 e. The Kier molecular flexibility index (Phi) is 4.19. The molecule has 0 amide bonds. The van der Waals surface area contributed by atoms with Gasteiger partial charge in [-0.2, -0.15) is 0 Å². The number of methoxy groups -OCH3 is 1. The van der Waals surface area contributed by atoms with Gasteiger partial charge in [0.05, 0.1) is 7.11 Å². The zero-order chi connectivity index (χ0) is 14.9. The van der Waals surface area contributed by atoms with Gasteiger partial charge in [-0.05, 0) is 42.4 Å². The molecule has 1 aliphatic rings. The van der Waals surface area contributed by atoms with E-state index in [1.807, 2.05) is 0 Å². The van der Waals surface area contributed by atoms with Gasteiger partial charge in [-0.1, -0.05) is 31.5 Å². The second-order valence-electron chi connectivity index (χ2n) is 5.91. The van der Waals surface area contributed by atoms with Crippen LogP contribution in [0.3, 0.4) is 0 Å². The topological polar surface area (TPSA) is 26.3 Å². The molecule has 0 aromatic heterocycles. The van der Waals surface area contributed by atoms with E-state index in [9.17, 15) is 9.18 Å². The van der Waals surface area contributed by atoms with Crippen LogP contribution in [0.15, 0.2) is 23.8 Å². The summed E-state index contributed by atoms with van der Waals surface area (Å²) < 4.78 is 19.0. The minimum absolute atomic E-state index is 0.0406. The molecule has 20 heavy (non-hydrogen) atoms. The maximum absolute atomic E-state index is 14.2. The standard InChI is InChI=1S/C16H18ClFO2/c1-16(2)7-6-12(15(19)20-3)13(9-16)11-5-4-10(17)8-14(11)18/h4-5,8H,6-7,9H2,1-3H3. The molecule has 1 aromatic rings. The van der Waals surface area contributed by atoms with Crippen molar-refractivity contribution < 1.29 is 13.9 Å². The molecule has 0 atom stereocenters. The number of ether oxygens (including phenoxy) is 1. The summed E-state index contributed by atoms with van der Waals surface area (Å²) in [4.78, 5) is 11.9. The van der Waals surface area contributed by atoms with Crippen LogP contribution in [0.25, 0.3) is 5.57 Å². The molecule has 0 N–H and O–H groups in total. The Labute approximate surface area is 123 Å². The van der Waals surface area contributed by atoms with Crippen LogP contribution in [0.2, 0.25) is 5.02 Å². The Bertz CT molecular complexity index is 576. The summed E-state index contributed by atoms with van der Waals surface area (Å²) in [6.45, 7) is 4.24. The van der Waals surface area contributed by atoms with Gasteiger partial charge in [0.2, 0.25) is 0 Å². The van der Waals surface area contributed by atoms with Gasteiger partial charge in [-0.25, -0.2) is 9.18 Å². The molecule has 1 aromatic carbocycles. The Balaban J connectivity index is 2.56. The number of esters is 1. The van der Waals surface area contributed by atoms with Gasteiger partial charge in [0.1, 0.15) is 5.82 Å². The van der Waals surface area contributed by atoms with Crippen molar-refractivity contribution in [2.45, 2.75) is 33.1 Å². The monoisotopic (exact) mass is 296 g/mol. The lowest BCUT2D eigenvalue weighted by atomic mass is 9.72. The van der Waals surface area contributed by atoms with Gasteiger partial charge in [-0.15, -0.1) is 0 Å². The Morgan fingerprint density at radius 1 is 1.40 bits per heavy atom. The number of hydrogen-bond donors (Lipinski definition) is 0. The van der Waals surface area contributed by atoms with Crippen molar-refractivity contribution in [1.82, 2.24) is 0 Å². The van der Waals surface area contributed by atoms with Crippen LogP contribution in [0, 0.1) is 11.2 Å². The highest BCUT2D eigenvalue weighted by Crippen LogP contribution is 2.44. The smallest absolute Gasteiger partial charge is 0.334 e. The summed E-state index contributed by atoms with van der Waals surface area (Å²) in [7, 11) is 1.35. The first-order valence-electron chi connectivity index (χ1n) is 6.60. The molecule has 0 saturated heterocycles. The molecular weight excluding hydrogens is 279 g/mol. The zero-order valence-corrected chi connectivity index (χ0v) is 12.7. The molecule has 0 heterocycles. The molecule has 0 radical (unpaired) electrons. The molecule has 0 saturated carbocycles. The Morgan fingerprint density at radius 3 is 2.70 bits per heavy atom. The largest absolute Gasteiger partial charge is 0.466 e. The second-order valence-corrected chi connectivity index (χ2v) is 6.35. The number of allylic oxidation sites excluding steroid dienone is 1. The van der Waals surface area contributed by atoms with Gasteiger partial charge in [0, 0.05) is 16.2 Å². The number of carbonyl (C=O) groups excluding carboxylic acids is 1. The number of hydrogen-bond acceptors (Lipinski definition) is 2. The van der Waals surface area contributed by atoms with Gasteiger partial charge in [-0.3, -0.25) is 0 Å². The Morgan fingerprint density at radius 2 is 2.10 bits per heavy atom. The van der Waals surface area contributed by atoms with Crippen molar-refractivity contribution >= 4 is 23.1 Å². The summed E-state index contributed by atoms with van der Waals surface area (Å²) in [5.74, 6) is -0.767. The van der Waals surface area contributed by atoms with E-state index in [4.69, 9.17) is 16.3 Å². The lowest BCUT2D eigenvalue weighted by Crippen LogP contribution is -2.22. The van der Waals surface area contributed by atoms with Crippen molar-refractivity contribution in [3.8, 4) is 0 Å². The zero-order valence-electron chi connectivity index (χ0n) is 11.9. The van der Waals surface area contributed by atoms with Crippen LogP contribution >= 0.6 is 11.6 Å². The fourth-order valence-corrected chi connectivity index (χ4v) is 2.79. The molecule has 0 unspecified atom stereocenters. The van der Waals surface area contributed by atoms with Crippen molar-refractivity contribution in [3.05, 3.63) is 40.2 Å². The fourth-order valence-electron chi connectivity index (χ4n) is 2.63. The number of rotatable bonds is 2. The molecule has 4 heteroatoms. The highest BCUT2D eigenvalue weighted by atomic mass is 35.5. The van der Waals surface area contributed by atoms with Crippen LogP contribution in [0.5, 0.6) is 0 Å². The van der Waals surface area contributed by atoms with E-state index in [-0.39, 0.29) is 11.4 Å². The predicted molar refractivity (Wildman–Crippen MR) is 78.0 cm³/mol. The van der Waals surface area contributed by atoms with Crippen molar-refractivity contribution in [2.75, 3.05) is 7.11 Å². The highest BCUT2D eigenvalue weighted by molar-refractivity contribution is 6.30.